The summed E-state index contributed by atoms with van der Waals surface area (Å²) in [5, 5.41) is 3.38. The van der Waals surface area contributed by atoms with E-state index in [4.69, 9.17) is 0 Å². The summed E-state index contributed by atoms with van der Waals surface area (Å²) in [5.41, 5.74) is 0.241. The molecule has 0 spiro atoms. The molecule has 0 unspecified atom stereocenters. The third-order valence-electron chi connectivity index (χ3n) is 2.77. The molecule has 4 heteroatoms. The van der Waals surface area contributed by atoms with Crippen LogP contribution in [0.5, 0.6) is 0 Å². The molecule has 0 atom stereocenters. The average molecular weight is 249 g/mol. The largest absolute Gasteiger partial charge is 0.317 e. The van der Waals surface area contributed by atoms with E-state index in [1.165, 1.54) is 6.26 Å². The molecule has 0 fully saturated rings. The number of sulfone groups is 1. The van der Waals surface area contributed by atoms with Crippen LogP contribution in [0.1, 0.15) is 46.5 Å². The van der Waals surface area contributed by atoms with Crippen molar-refractivity contribution >= 4 is 9.84 Å². The van der Waals surface area contributed by atoms with E-state index in [1.54, 1.807) is 0 Å². The van der Waals surface area contributed by atoms with Crippen LogP contribution >= 0.6 is 0 Å². The molecule has 0 aliphatic heterocycles. The molecule has 0 heterocycles. The van der Waals surface area contributed by atoms with Crippen LogP contribution in [-0.2, 0) is 9.84 Å². The van der Waals surface area contributed by atoms with Crippen LogP contribution in [0, 0.1) is 5.41 Å². The van der Waals surface area contributed by atoms with E-state index < -0.39 is 9.84 Å². The first-order valence-electron chi connectivity index (χ1n) is 6.15. The van der Waals surface area contributed by atoms with Gasteiger partial charge in [0.15, 0.2) is 0 Å². The molecule has 0 aliphatic carbocycles. The topological polar surface area (TPSA) is 46.2 Å². The van der Waals surface area contributed by atoms with Gasteiger partial charge in [0.25, 0.3) is 0 Å². The van der Waals surface area contributed by atoms with E-state index >= 15 is 0 Å². The van der Waals surface area contributed by atoms with Crippen molar-refractivity contribution in [3.05, 3.63) is 0 Å². The molecule has 0 saturated heterocycles. The maximum absolute atomic E-state index is 11.0. The zero-order valence-corrected chi connectivity index (χ0v) is 12.0. The Morgan fingerprint density at radius 3 is 2.25 bits per heavy atom. The van der Waals surface area contributed by atoms with E-state index in [1.807, 2.05) is 0 Å². The highest BCUT2D eigenvalue weighted by Gasteiger charge is 2.17. The first-order valence-corrected chi connectivity index (χ1v) is 8.21. The third-order valence-corrected chi connectivity index (χ3v) is 3.80. The Labute approximate surface area is 101 Å². The molecule has 0 rings (SSSR count). The van der Waals surface area contributed by atoms with Crippen LogP contribution in [0.4, 0.5) is 0 Å². The van der Waals surface area contributed by atoms with Gasteiger partial charge in [-0.05, 0) is 44.2 Å². The second kappa shape index (κ2) is 7.28. The van der Waals surface area contributed by atoms with Crippen molar-refractivity contribution < 1.29 is 8.42 Å². The fourth-order valence-corrected chi connectivity index (χ4v) is 2.34. The van der Waals surface area contributed by atoms with E-state index in [-0.39, 0.29) is 5.41 Å². The smallest absolute Gasteiger partial charge is 0.147 e. The second-order valence-electron chi connectivity index (χ2n) is 5.40. The van der Waals surface area contributed by atoms with Crippen molar-refractivity contribution in [3.63, 3.8) is 0 Å². The lowest BCUT2D eigenvalue weighted by Gasteiger charge is -2.24. The summed E-state index contributed by atoms with van der Waals surface area (Å²) < 4.78 is 22.0. The highest BCUT2D eigenvalue weighted by Crippen LogP contribution is 2.26. The summed E-state index contributed by atoms with van der Waals surface area (Å²) in [6.07, 6.45) is 5.33. The SMILES string of the molecule is CCCNCCC(C)(C)CCCS(C)(=O)=O. The highest BCUT2D eigenvalue weighted by molar-refractivity contribution is 7.90. The van der Waals surface area contributed by atoms with Crippen LogP contribution in [0.2, 0.25) is 0 Å². The highest BCUT2D eigenvalue weighted by atomic mass is 32.2. The predicted molar refractivity (Wildman–Crippen MR) is 70.5 cm³/mol. The quantitative estimate of drug-likeness (QED) is 0.637. The Balaban J connectivity index is 3.70. The average Bonchev–Trinajstić information content (AvgIpc) is 2.10. The molecule has 98 valence electrons. The molecule has 0 radical (unpaired) electrons. The van der Waals surface area contributed by atoms with Crippen molar-refractivity contribution in [1.82, 2.24) is 5.32 Å². The number of rotatable bonds is 9. The van der Waals surface area contributed by atoms with Gasteiger partial charge in [0.2, 0.25) is 0 Å². The predicted octanol–water partition coefficient (Wildman–Crippen LogP) is 2.23. The standard InChI is InChI=1S/C12H27NO2S/c1-5-9-13-10-8-12(2,3)7-6-11-16(4,14)15/h13H,5-11H2,1-4H3. The minimum absolute atomic E-state index is 0.241. The zero-order valence-electron chi connectivity index (χ0n) is 11.2. The molecule has 0 aliphatic rings. The van der Waals surface area contributed by atoms with Crippen LogP contribution < -0.4 is 5.32 Å². The Morgan fingerprint density at radius 1 is 1.12 bits per heavy atom. The molecule has 1 N–H and O–H groups in total. The first-order chi connectivity index (χ1) is 7.27. The van der Waals surface area contributed by atoms with Crippen LogP contribution in [0.25, 0.3) is 0 Å². The third kappa shape index (κ3) is 10.4. The molecule has 3 nitrogen and oxygen atoms in total. The van der Waals surface area contributed by atoms with E-state index in [0.717, 1.165) is 38.8 Å². The number of hydrogen-bond acceptors (Lipinski definition) is 3. The minimum Gasteiger partial charge on any atom is -0.317 e. The van der Waals surface area contributed by atoms with Crippen molar-refractivity contribution in [3.8, 4) is 0 Å². The van der Waals surface area contributed by atoms with Gasteiger partial charge in [0.1, 0.15) is 9.84 Å². The summed E-state index contributed by atoms with van der Waals surface area (Å²) >= 11 is 0. The summed E-state index contributed by atoms with van der Waals surface area (Å²) in [5.74, 6) is 0.318. The molecule has 0 aromatic heterocycles. The lowest BCUT2D eigenvalue weighted by atomic mass is 9.84. The van der Waals surface area contributed by atoms with Gasteiger partial charge in [-0.15, -0.1) is 0 Å². The summed E-state index contributed by atoms with van der Waals surface area (Å²) in [6.45, 7) is 8.68. The van der Waals surface area contributed by atoms with Gasteiger partial charge in [-0.3, -0.25) is 0 Å². The molecular formula is C12H27NO2S. The Morgan fingerprint density at radius 2 is 1.75 bits per heavy atom. The molecular weight excluding hydrogens is 222 g/mol. The van der Waals surface area contributed by atoms with Crippen LogP contribution in [0.3, 0.4) is 0 Å². The van der Waals surface area contributed by atoms with E-state index in [9.17, 15) is 8.42 Å². The maximum Gasteiger partial charge on any atom is 0.147 e. The van der Waals surface area contributed by atoms with Crippen molar-refractivity contribution in [2.24, 2.45) is 5.41 Å². The van der Waals surface area contributed by atoms with Crippen molar-refractivity contribution in [2.75, 3.05) is 25.1 Å². The van der Waals surface area contributed by atoms with Gasteiger partial charge in [-0.2, -0.15) is 0 Å². The first kappa shape index (κ1) is 15.9. The Kier molecular flexibility index (Phi) is 7.24. The summed E-state index contributed by atoms with van der Waals surface area (Å²) in [4.78, 5) is 0. The minimum atomic E-state index is -2.79. The van der Waals surface area contributed by atoms with Crippen LogP contribution in [-0.4, -0.2) is 33.5 Å². The lowest BCUT2D eigenvalue weighted by molar-refractivity contribution is 0.299. The van der Waals surface area contributed by atoms with Crippen molar-refractivity contribution in [1.29, 1.82) is 0 Å². The van der Waals surface area contributed by atoms with Gasteiger partial charge in [-0.1, -0.05) is 20.8 Å². The zero-order chi connectivity index (χ0) is 12.7. The normalized spacial score (nSPS) is 13.0. The Hall–Kier alpha value is -0.0900. The lowest BCUT2D eigenvalue weighted by Crippen LogP contribution is -2.23. The van der Waals surface area contributed by atoms with E-state index in [2.05, 4.69) is 26.1 Å². The fourth-order valence-electron chi connectivity index (χ4n) is 1.67. The number of nitrogens with one attached hydrogen (secondary N) is 1. The monoisotopic (exact) mass is 249 g/mol. The van der Waals surface area contributed by atoms with Gasteiger partial charge in [-0.25, -0.2) is 8.42 Å². The summed E-state index contributed by atoms with van der Waals surface area (Å²) in [7, 11) is -2.79. The molecule has 0 bridgehead atoms. The molecule has 0 amide bonds. The molecule has 0 aromatic carbocycles. The molecule has 0 saturated carbocycles. The molecule has 0 aromatic rings. The van der Waals surface area contributed by atoms with E-state index in [0.29, 0.717) is 5.75 Å². The molecule has 16 heavy (non-hydrogen) atoms. The van der Waals surface area contributed by atoms with Gasteiger partial charge < -0.3 is 5.32 Å². The Bertz CT molecular complexity index is 271. The van der Waals surface area contributed by atoms with Gasteiger partial charge in [0.05, 0.1) is 0 Å². The number of hydrogen-bond donors (Lipinski definition) is 1. The van der Waals surface area contributed by atoms with Crippen molar-refractivity contribution in [2.45, 2.75) is 46.5 Å². The van der Waals surface area contributed by atoms with Gasteiger partial charge in [0, 0.05) is 12.0 Å². The van der Waals surface area contributed by atoms with Crippen LogP contribution in [0.15, 0.2) is 0 Å². The summed E-state index contributed by atoms with van der Waals surface area (Å²) in [6, 6.07) is 0. The van der Waals surface area contributed by atoms with Gasteiger partial charge >= 0.3 is 0 Å². The second-order valence-corrected chi connectivity index (χ2v) is 7.66. The fraction of sp³-hybridized carbons (Fsp3) is 1.00. The maximum atomic E-state index is 11.0.